The second kappa shape index (κ2) is 7.42. The molecule has 32 heavy (non-hydrogen) atoms. The molecule has 0 spiro atoms. The van der Waals surface area contributed by atoms with Crippen molar-refractivity contribution in [1.29, 1.82) is 5.26 Å². The molecule has 158 valence electrons. The number of fused-ring (bicyclic) bond motifs is 1. The molecule has 0 aliphatic carbocycles. The molecule has 3 amide bonds. The van der Waals surface area contributed by atoms with E-state index in [9.17, 15) is 19.6 Å². The fourth-order valence-electron chi connectivity index (χ4n) is 4.32. The molecule has 2 aliphatic rings. The fourth-order valence-corrected chi connectivity index (χ4v) is 4.32. The Morgan fingerprint density at radius 3 is 2.69 bits per heavy atom. The minimum absolute atomic E-state index is 0.202. The largest absolute Gasteiger partial charge is 0.322 e. The Morgan fingerprint density at radius 1 is 1.12 bits per heavy atom. The van der Waals surface area contributed by atoms with E-state index in [0.717, 1.165) is 11.1 Å². The molecule has 2 aliphatic heterocycles. The summed E-state index contributed by atoms with van der Waals surface area (Å²) >= 11 is 0. The van der Waals surface area contributed by atoms with Crippen molar-refractivity contribution in [2.75, 3.05) is 0 Å². The smallest absolute Gasteiger partial charge is 0.255 e. The molecule has 1 N–H and O–H groups in total. The maximum atomic E-state index is 13.0. The van der Waals surface area contributed by atoms with Crippen LogP contribution in [0, 0.1) is 18.3 Å². The normalized spacial score (nSPS) is 17.8. The molecule has 3 heterocycles. The number of piperidine rings is 1. The predicted octanol–water partition coefficient (Wildman–Crippen LogP) is 1.88. The highest BCUT2D eigenvalue weighted by atomic mass is 16.2. The number of aryl methyl sites for hydroxylation is 1. The van der Waals surface area contributed by atoms with E-state index in [2.05, 4.69) is 21.7 Å². The Labute approximate surface area is 183 Å². The van der Waals surface area contributed by atoms with E-state index >= 15 is 0 Å². The van der Waals surface area contributed by atoms with E-state index in [0.29, 0.717) is 34.5 Å². The zero-order chi connectivity index (χ0) is 22.4. The molecule has 1 atom stereocenters. The molecule has 1 saturated heterocycles. The topological polar surface area (TPSA) is 121 Å². The van der Waals surface area contributed by atoms with Gasteiger partial charge in [0.2, 0.25) is 11.8 Å². The molecular weight excluding hydrogens is 408 g/mol. The number of carbonyl (C=O) groups excluding carboxylic acids is 3. The van der Waals surface area contributed by atoms with Crippen LogP contribution in [0.4, 0.5) is 0 Å². The maximum Gasteiger partial charge on any atom is 0.255 e. The Hall–Kier alpha value is -4.32. The van der Waals surface area contributed by atoms with Crippen molar-refractivity contribution in [3.8, 4) is 23.0 Å². The lowest BCUT2D eigenvalue weighted by molar-refractivity contribution is -0.136. The van der Waals surface area contributed by atoms with Crippen molar-refractivity contribution in [2.45, 2.75) is 32.4 Å². The highest BCUT2D eigenvalue weighted by molar-refractivity contribution is 6.05. The average Bonchev–Trinajstić information content (AvgIpc) is 3.39. The summed E-state index contributed by atoms with van der Waals surface area (Å²) in [5.74, 6) is -1.02. The van der Waals surface area contributed by atoms with Crippen molar-refractivity contribution in [3.05, 3.63) is 64.8 Å². The lowest BCUT2D eigenvalue weighted by Crippen LogP contribution is -2.52. The van der Waals surface area contributed by atoms with E-state index in [1.54, 1.807) is 23.0 Å². The van der Waals surface area contributed by atoms with E-state index in [1.165, 1.54) is 4.90 Å². The van der Waals surface area contributed by atoms with Gasteiger partial charge in [0.1, 0.15) is 17.8 Å². The van der Waals surface area contributed by atoms with Gasteiger partial charge in [-0.3, -0.25) is 19.7 Å². The van der Waals surface area contributed by atoms with Crippen LogP contribution in [-0.4, -0.2) is 43.7 Å². The van der Waals surface area contributed by atoms with Gasteiger partial charge in [0, 0.05) is 29.7 Å². The van der Waals surface area contributed by atoms with Gasteiger partial charge in [0.25, 0.3) is 5.91 Å². The van der Waals surface area contributed by atoms with Crippen LogP contribution >= 0.6 is 0 Å². The highest BCUT2D eigenvalue weighted by Crippen LogP contribution is 2.32. The van der Waals surface area contributed by atoms with Crippen molar-refractivity contribution in [3.63, 3.8) is 0 Å². The summed E-state index contributed by atoms with van der Waals surface area (Å²) in [7, 11) is 0. The van der Waals surface area contributed by atoms with Gasteiger partial charge in [0.15, 0.2) is 0 Å². The summed E-state index contributed by atoms with van der Waals surface area (Å²) in [6, 6.07) is 12.4. The Morgan fingerprint density at radius 2 is 1.91 bits per heavy atom. The van der Waals surface area contributed by atoms with Crippen LogP contribution < -0.4 is 5.32 Å². The minimum atomic E-state index is -0.683. The minimum Gasteiger partial charge on any atom is -0.322 e. The number of hydrogen-bond donors (Lipinski definition) is 1. The molecular formula is C23H18N6O3. The molecule has 9 heteroatoms. The van der Waals surface area contributed by atoms with Crippen LogP contribution in [0.3, 0.4) is 0 Å². The highest BCUT2D eigenvalue weighted by Gasteiger charge is 2.40. The Bertz CT molecular complexity index is 1340. The Balaban J connectivity index is 1.50. The van der Waals surface area contributed by atoms with Crippen molar-refractivity contribution in [2.24, 2.45) is 0 Å². The third-order valence-corrected chi connectivity index (χ3v) is 5.96. The number of nitrogens with one attached hydrogen (secondary N) is 1. The summed E-state index contributed by atoms with van der Waals surface area (Å²) in [5.41, 5.74) is 4.54. The molecule has 1 fully saturated rings. The van der Waals surface area contributed by atoms with Gasteiger partial charge in [-0.15, -0.1) is 5.10 Å². The van der Waals surface area contributed by atoms with E-state index in [1.807, 2.05) is 31.2 Å². The lowest BCUT2D eigenvalue weighted by Gasteiger charge is -2.29. The number of aromatic nitrogens is 3. The van der Waals surface area contributed by atoms with Gasteiger partial charge < -0.3 is 4.90 Å². The molecule has 5 rings (SSSR count). The average molecular weight is 426 g/mol. The first kappa shape index (κ1) is 19.6. The number of amides is 3. The summed E-state index contributed by atoms with van der Waals surface area (Å²) in [5, 5.41) is 20.3. The van der Waals surface area contributed by atoms with Gasteiger partial charge in [-0.05, 0) is 31.0 Å². The third kappa shape index (κ3) is 3.04. The second-order valence-electron chi connectivity index (χ2n) is 7.86. The standard InChI is InChI=1S/C23H18N6O3/c1-13-4-2-5-14(16(13)10-24)18-12-29(27-26-18)19-7-3-6-15-17(19)11-28(23(15)32)20-8-9-21(30)25-22(20)31/h2-7,12,20H,8-9,11H2,1H3,(H,25,30,31). The second-order valence-corrected chi connectivity index (χ2v) is 7.86. The molecule has 1 unspecified atom stereocenters. The van der Waals surface area contributed by atoms with Crippen molar-refractivity contribution < 1.29 is 14.4 Å². The first-order valence-electron chi connectivity index (χ1n) is 10.2. The molecule has 0 radical (unpaired) electrons. The lowest BCUT2D eigenvalue weighted by atomic mass is 10.0. The van der Waals surface area contributed by atoms with Gasteiger partial charge >= 0.3 is 0 Å². The summed E-state index contributed by atoms with van der Waals surface area (Å²) in [6.45, 7) is 2.10. The monoisotopic (exact) mass is 426 g/mol. The first-order valence-corrected chi connectivity index (χ1v) is 10.2. The number of rotatable bonds is 3. The number of nitrogens with zero attached hydrogens (tertiary/aromatic N) is 5. The van der Waals surface area contributed by atoms with E-state index < -0.39 is 11.9 Å². The van der Waals surface area contributed by atoms with Crippen LogP contribution in [-0.2, 0) is 16.1 Å². The van der Waals surface area contributed by atoms with Gasteiger partial charge in [0.05, 0.1) is 17.4 Å². The van der Waals surface area contributed by atoms with Crippen LogP contribution in [0.5, 0.6) is 0 Å². The van der Waals surface area contributed by atoms with Crippen LogP contribution in [0.2, 0.25) is 0 Å². The summed E-state index contributed by atoms with van der Waals surface area (Å²) in [6.07, 6.45) is 2.23. The summed E-state index contributed by atoms with van der Waals surface area (Å²) < 4.78 is 1.58. The summed E-state index contributed by atoms with van der Waals surface area (Å²) in [4.78, 5) is 38.3. The molecule has 0 saturated carbocycles. The van der Waals surface area contributed by atoms with E-state index in [-0.39, 0.29) is 24.8 Å². The molecule has 9 nitrogen and oxygen atoms in total. The number of carbonyl (C=O) groups is 3. The zero-order valence-corrected chi connectivity index (χ0v) is 17.2. The molecule has 2 aromatic carbocycles. The Kier molecular flexibility index (Phi) is 4.56. The van der Waals surface area contributed by atoms with Crippen LogP contribution in [0.15, 0.2) is 42.6 Å². The van der Waals surface area contributed by atoms with Crippen molar-refractivity contribution >= 4 is 17.7 Å². The van der Waals surface area contributed by atoms with Crippen LogP contribution in [0.1, 0.15) is 39.9 Å². The maximum absolute atomic E-state index is 13.0. The quantitative estimate of drug-likeness (QED) is 0.639. The van der Waals surface area contributed by atoms with Gasteiger partial charge in [-0.2, -0.15) is 5.26 Å². The zero-order valence-electron chi connectivity index (χ0n) is 17.2. The third-order valence-electron chi connectivity index (χ3n) is 5.96. The molecule has 3 aromatic rings. The fraction of sp³-hybridized carbons (Fsp3) is 0.217. The first-order chi connectivity index (χ1) is 15.5. The van der Waals surface area contributed by atoms with Gasteiger partial charge in [-0.25, -0.2) is 4.68 Å². The van der Waals surface area contributed by atoms with Crippen LogP contribution in [0.25, 0.3) is 16.9 Å². The molecule has 1 aromatic heterocycles. The number of nitriles is 1. The predicted molar refractivity (Wildman–Crippen MR) is 112 cm³/mol. The number of imide groups is 1. The SMILES string of the molecule is Cc1cccc(-c2cn(-c3cccc4c3CN(C3CCC(=O)NC3=O)C4=O)nn2)c1C#N. The molecule has 0 bridgehead atoms. The number of hydrogen-bond acceptors (Lipinski definition) is 6. The van der Waals surface area contributed by atoms with Crippen molar-refractivity contribution in [1.82, 2.24) is 25.2 Å². The number of benzene rings is 2. The van der Waals surface area contributed by atoms with E-state index in [4.69, 9.17) is 0 Å². The van der Waals surface area contributed by atoms with Gasteiger partial charge in [-0.1, -0.05) is 29.5 Å².